The van der Waals surface area contributed by atoms with Gasteiger partial charge in [0.2, 0.25) is 0 Å². The summed E-state index contributed by atoms with van der Waals surface area (Å²) in [7, 11) is 0. The summed E-state index contributed by atoms with van der Waals surface area (Å²) in [4.78, 5) is 16.2. The molecule has 0 radical (unpaired) electrons. The number of hydrogen-bond acceptors (Lipinski definition) is 3. The lowest BCUT2D eigenvalue weighted by atomic mass is 10.2. The summed E-state index contributed by atoms with van der Waals surface area (Å²) in [6.07, 6.45) is 0.890. The molecule has 9 heteroatoms. The van der Waals surface area contributed by atoms with E-state index >= 15 is 0 Å². The predicted molar refractivity (Wildman–Crippen MR) is 85.7 cm³/mol. The highest BCUT2D eigenvalue weighted by atomic mass is 35.5. The number of nitrogens with zero attached hydrogens (tertiary/aromatic N) is 3. The number of carbonyl (C=O) groups excluding carboxylic acids is 1. The highest BCUT2D eigenvalue weighted by Gasteiger charge is 2.26. The summed E-state index contributed by atoms with van der Waals surface area (Å²) in [5.41, 5.74) is -0.625. The van der Waals surface area contributed by atoms with E-state index < -0.39 is 23.8 Å². The van der Waals surface area contributed by atoms with Crippen LogP contribution < -0.4 is 5.32 Å². The fraction of sp³-hybridized carbons (Fsp3) is 0.0625. The molecule has 5 nitrogen and oxygen atoms in total. The van der Waals surface area contributed by atoms with E-state index in [9.17, 15) is 18.0 Å². The van der Waals surface area contributed by atoms with Crippen molar-refractivity contribution in [2.24, 2.45) is 0 Å². The first-order valence-corrected chi connectivity index (χ1v) is 7.38. The number of rotatable bonds is 4. The second kappa shape index (κ2) is 6.94. The minimum absolute atomic E-state index is 0.0245. The number of hydrogen-bond donors (Lipinski definition) is 1. The molecule has 128 valence electrons. The number of anilines is 1. The third-order valence-corrected chi connectivity index (χ3v) is 3.75. The lowest BCUT2D eigenvalue weighted by Gasteiger charge is -2.10. The molecule has 0 saturated carbocycles. The van der Waals surface area contributed by atoms with Crippen LogP contribution in [0.4, 0.5) is 18.9 Å². The largest absolute Gasteiger partial charge is 0.320 e. The van der Waals surface area contributed by atoms with Crippen LogP contribution in [0.15, 0.2) is 48.9 Å². The van der Waals surface area contributed by atoms with Gasteiger partial charge < -0.3 is 5.32 Å². The van der Waals surface area contributed by atoms with Gasteiger partial charge >= 0.3 is 0 Å². The van der Waals surface area contributed by atoms with E-state index in [1.807, 2.05) is 0 Å². The Morgan fingerprint density at radius 1 is 1.20 bits per heavy atom. The summed E-state index contributed by atoms with van der Waals surface area (Å²) >= 11 is 5.76. The quantitative estimate of drug-likeness (QED) is 0.751. The Morgan fingerprint density at radius 3 is 2.60 bits per heavy atom. The van der Waals surface area contributed by atoms with Gasteiger partial charge in [-0.2, -0.15) is 5.10 Å². The van der Waals surface area contributed by atoms with Crippen molar-refractivity contribution in [2.75, 3.05) is 5.32 Å². The molecule has 0 spiro atoms. The highest BCUT2D eigenvalue weighted by Crippen LogP contribution is 2.28. The zero-order chi connectivity index (χ0) is 18.0. The van der Waals surface area contributed by atoms with E-state index in [0.717, 1.165) is 16.9 Å². The molecule has 0 fully saturated rings. The van der Waals surface area contributed by atoms with Gasteiger partial charge in [-0.1, -0.05) is 17.7 Å². The minimum atomic E-state index is -2.96. The zero-order valence-electron chi connectivity index (χ0n) is 12.5. The van der Waals surface area contributed by atoms with Crippen LogP contribution >= 0.6 is 11.6 Å². The SMILES string of the molecule is O=C(Nc1cccc(F)c1Cl)c1cnn(-c2ccncc2)c1C(F)F. The number of carbonyl (C=O) groups is 1. The topological polar surface area (TPSA) is 59.8 Å². The van der Waals surface area contributed by atoms with Crippen LogP contribution in [-0.2, 0) is 0 Å². The fourth-order valence-electron chi connectivity index (χ4n) is 2.22. The number of nitrogens with one attached hydrogen (secondary N) is 1. The van der Waals surface area contributed by atoms with Gasteiger partial charge in [0.15, 0.2) is 0 Å². The average molecular weight is 367 g/mol. The van der Waals surface area contributed by atoms with Gasteiger partial charge in [0.25, 0.3) is 12.3 Å². The van der Waals surface area contributed by atoms with Gasteiger partial charge in [0, 0.05) is 12.4 Å². The van der Waals surface area contributed by atoms with Gasteiger partial charge in [0.1, 0.15) is 11.5 Å². The van der Waals surface area contributed by atoms with E-state index in [1.165, 1.54) is 36.7 Å². The molecule has 0 bridgehead atoms. The average Bonchev–Trinajstić information content (AvgIpc) is 3.05. The Hall–Kier alpha value is -2.87. The van der Waals surface area contributed by atoms with Gasteiger partial charge in [-0.3, -0.25) is 9.78 Å². The van der Waals surface area contributed by atoms with Gasteiger partial charge in [-0.05, 0) is 24.3 Å². The number of amides is 1. The monoisotopic (exact) mass is 366 g/mol. The first kappa shape index (κ1) is 17.0. The number of benzene rings is 1. The van der Waals surface area contributed by atoms with Crippen molar-refractivity contribution in [3.63, 3.8) is 0 Å². The van der Waals surface area contributed by atoms with Crippen LogP contribution in [0.25, 0.3) is 5.69 Å². The molecule has 0 atom stereocenters. The molecule has 0 saturated heterocycles. The molecule has 1 aromatic carbocycles. The Balaban J connectivity index is 1.98. The lowest BCUT2D eigenvalue weighted by molar-refractivity contribution is 0.100. The number of pyridine rings is 1. The van der Waals surface area contributed by atoms with Crippen LogP contribution in [0.1, 0.15) is 22.5 Å². The molecule has 3 aromatic rings. The molecular weight excluding hydrogens is 357 g/mol. The van der Waals surface area contributed by atoms with Crippen molar-refractivity contribution in [1.82, 2.24) is 14.8 Å². The van der Waals surface area contributed by atoms with Crippen molar-refractivity contribution in [1.29, 1.82) is 0 Å². The Bertz CT molecular complexity index is 915. The molecule has 0 aliphatic carbocycles. The molecule has 25 heavy (non-hydrogen) atoms. The molecule has 1 amide bonds. The summed E-state index contributed by atoms with van der Waals surface area (Å²) in [5, 5.41) is 5.86. The van der Waals surface area contributed by atoms with Crippen LogP contribution in [0, 0.1) is 5.82 Å². The number of halogens is 4. The third kappa shape index (κ3) is 3.34. The summed E-state index contributed by atoms with van der Waals surface area (Å²) in [6, 6.07) is 6.77. The maximum Gasteiger partial charge on any atom is 0.281 e. The molecular formula is C16H10ClF3N4O. The molecule has 3 rings (SSSR count). The zero-order valence-corrected chi connectivity index (χ0v) is 13.2. The molecule has 0 aliphatic heterocycles. The molecule has 2 heterocycles. The van der Waals surface area contributed by atoms with E-state index in [2.05, 4.69) is 15.4 Å². The van der Waals surface area contributed by atoms with Crippen molar-refractivity contribution in [3.8, 4) is 5.69 Å². The van der Waals surface area contributed by atoms with Gasteiger partial charge in [0.05, 0.1) is 28.2 Å². The molecule has 2 aromatic heterocycles. The van der Waals surface area contributed by atoms with Crippen molar-refractivity contribution in [2.45, 2.75) is 6.43 Å². The second-order valence-electron chi connectivity index (χ2n) is 4.92. The van der Waals surface area contributed by atoms with Gasteiger partial charge in [-0.15, -0.1) is 0 Å². The fourth-order valence-corrected chi connectivity index (χ4v) is 2.40. The summed E-state index contributed by atoms with van der Waals surface area (Å²) in [5.74, 6) is -1.61. The normalized spacial score (nSPS) is 10.9. The van der Waals surface area contributed by atoms with Crippen LogP contribution in [-0.4, -0.2) is 20.7 Å². The van der Waals surface area contributed by atoms with Gasteiger partial charge in [-0.25, -0.2) is 17.9 Å². The smallest absolute Gasteiger partial charge is 0.281 e. The molecule has 1 N–H and O–H groups in total. The maximum absolute atomic E-state index is 13.5. The lowest BCUT2D eigenvalue weighted by Crippen LogP contribution is -2.15. The van der Waals surface area contributed by atoms with E-state index in [0.29, 0.717) is 5.69 Å². The highest BCUT2D eigenvalue weighted by molar-refractivity contribution is 6.34. The van der Waals surface area contributed by atoms with Crippen molar-refractivity contribution < 1.29 is 18.0 Å². The first-order valence-electron chi connectivity index (χ1n) is 7.01. The van der Waals surface area contributed by atoms with E-state index in [-0.39, 0.29) is 16.3 Å². The standard InChI is InChI=1S/C16H10ClF3N4O/c17-13-11(18)2-1-3-12(13)23-16(25)10-8-22-24(14(10)15(19)20)9-4-6-21-7-5-9/h1-8,15H,(H,23,25). The van der Waals surface area contributed by atoms with Crippen LogP contribution in [0.2, 0.25) is 5.02 Å². The summed E-state index contributed by atoms with van der Waals surface area (Å²) < 4.78 is 41.4. The number of alkyl halides is 2. The second-order valence-corrected chi connectivity index (χ2v) is 5.29. The predicted octanol–water partition coefficient (Wildman–Crippen LogP) is 4.25. The summed E-state index contributed by atoms with van der Waals surface area (Å²) in [6.45, 7) is 0. The Labute approximate surface area is 145 Å². The Kier molecular flexibility index (Phi) is 4.71. The van der Waals surface area contributed by atoms with Crippen LogP contribution in [0.3, 0.4) is 0 Å². The molecule has 0 unspecified atom stereocenters. The third-order valence-electron chi connectivity index (χ3n) is 3.36. The Morgan fingerprint density at radius 2 is 1.92 bits per heavy atom. The maximum atomic E-state index is 13.5. The van der Waals surface area contributed by atoms with Crippen molar-refractivity contribution >= 4 is 23.2 Å². The van der Waals surface area contributed by atoms with Crippen molar-refractivity contribution in [3.05, 3.63) is 71.0 Å². The van der Waals surface area contributed by atoms with E-state index in [4.69, 9.17) is 11.6 Å². The van der Waals surface area contributed by atoms with Crippen LogP contribution in [0.5, 0.6) is 0 Å². The van der Waals surface area contributed by atoms with E-state index in [1.54, 1.807) is 0 Å². The number of aromatic nitrogens is 3. The first-order chi connectivity index (χ1) is 12.0. The minimum Gasteiger partial charge on any atom is -0.320 e. The molecule has 0 aliphatic rings.